The van der Waals surface area contributed by atoms with E-state index in [0.29, 0.717) is 0 Å². The average Bonchev–Trinajstić information content (AvgIpc) is 3.66. The van der Waals surface area contributed by atoms with Crippen molar-refractivity contribution in [1.82, 2.24) is 0 Å². The molecule has 8 aromatic rings. The summed E-state index contributed by atoms with van der Waals surface area (Å²) in [5, 5.41) is 5.28. The number of benzene rings is 8. The highest BCUT2D eigenvalue weighted by Crippen LogP contribution is 2.68. The van der Waals surface area contributed by atoms with Gasteiger partial charge < -0.3 is 0 Å². The van der Waals surface area contributed by atoms with Gasteiger partial charge in [0.05, 0.1) is 0 Å². The molecule has 0 aliphatic heterocycles. The van der Waals surface area contributed by atoms with Crippen LogP contribution in [-0.4, -0.2) is 0 Å². The predicted molar refractivity (Wildman–Crippen MR) is 234 cm³/mol. The second-order valence-electron chi connectivity index (χ2n) is 18.1. The van der Waals surface area contributed by atoms with Crippen LogP contribution >= 0.6 is 0 Å². The van der Waals surface area contributed by atoms with Gasteiger partial charge in [0.15, 0.2) is 0 Å². The van der Waals surface area contributed by atoms with Crippen molar-refractivity contribution >= 4 is 21.5 Å². The highest BCUT2D eigenvalue weighted by Gasteiger charge is 2.52. The Morgan fingerprint density at radius 2 is 0.636 bits per heavy atom. The lowest BCUT2D eigenvalue weighted by Gasteiger charge is -2.31. The molecule has 8 aromatic carbocycles. The molecule has 0 nitrogen and oxygen atoms in total. The summed E-state index contributed by atoms with van der Waals surface area (Å²) in [7, 11) is 0. The summed E-state index contributed by atoms with van der Waals surface area (Å²) >= 11 is 0. The molecule has 0 atom stereocenters. The molecule has 3 aliphatic rings. The molecular weight excluding hydrogens is 661 g/mol. The van der Waals surface area contributed by atoms with Crippen molar-refractivity contribution < 1.29 is 0 Å². The Morgan fingerprint density at radius 1 is 0.291 bits per heavy atom. The minimum atomic E-state index is -0.242. The van der Waals surface area contributed by atoms with Gasteiger partial charge in [-0.05, 0) is 148 Å². The second kappa shape index (κ2) is 10.7. The van der Waals surface area contributed by atoms with E-state index < -0.39 is 0 Å². The summed E-state index contributed by atoms with van der Waals surface area (Å²) in [4.78, 5) is 0. The third-order valence-corrected chi connectivity index (χ3v) is 14.0. The molecular formula is C55H46. The van der Waals surface area contributed by atoms with Crippen LogP contribution in [0.1, 0.15) is 86.1 Å². The zero-order valence-corrected chi connectivity index (χ0v) is 33.2. The molecule has 0 N–H and O–H groups in total. The van der Waals surface area contributed by atoms with Crippen molar-refractivity contribution in [3.63, 3.8) is 0 Å². The number of hydrogen-bond donors (Lipinski definition) is 0. The molecule has 0 amide bonds. The quantitative estimate of drug-likeness (QED) is 0.157. The predicted octanol–water partition coefficient (Wildman–Crippen LogP) is 14.9. The van der Waals surface area contributed by atoms with E-state index in [4.69, 9.17) is 0 Å². The maximum atomic E-state index is 2.63. The van der Waals surface area contributed by atoms with Crippen LogP contribution in [-0.2, 0) is 16.2 Å². The molecule has 0 saturated heterocycles. The van der Waals surface area contributed by atoms with E-state index in [1.807, 2.05) is 0 Å². The number of rotatable bonds is 2. The van der Waals surface area contributed by atoms with Crippen LogP contribution in [0.3, 0.4) is 0 Å². The van der Waals surface area contributed by atoms with Gasteiger partial charge in [0, 0.05) is 16.2 Å². The Labute approximate surface area is 325 Å². The van der Waals surface area contributed by atoms with Crippen LogP contribution in [0.5, 0.6) is 0 Å². The summed E-state index contributed by atoms with van der Waals surface area (Å²) in [5.41, 5.74) is 24.8. The maximum Gasteiger partial charge on any atom is 0.0165 e. The molecule has 266 valence electrons. The third kappa shape index (κ3) is 3.98. The second-order valence-corrected chi connectivity index (χ2v) is 18.1. The monoisotopic (exact) mass is 706 g/mol. The summed E-state index contributed by atoms with van der Waals surface area (Å²) in [5.74, 6) is 0. The van der Waals surface area contributed by atoms with Crippen molar-refractivity contribution in [2.45, 2.75) is 71.6 Å². The number of hydrogen-bond acceptors (Lipinski definition) is 0. The molecule has 0 heteroatoms. The first-order valence-electron chi connectivity index (χ1n) is 20.0. The summed E-state index contributed by atoms with van der Waals surface area (Å²) in [6, 6.07) is 50.9. The highest BCUT2D eigenvalue weighted by molar-refractivity contribution is 6.23. The number of fused-ring (bicyclic) bond motifs is 14. The Bertz CT molecular complexity index is 3020. The maximum absolute atomic E-state index is 2.63. The molecule has 3 aliphatic carbocycles. The molecule has 0 saturated carbocycles. The summed E-state index contributed by atoms with van der Waals surface area (Å²) < 4.78 is 0. The van der Waals surface area contributed by atoms with Gasteiger partial charge in [0.25, 0.3) is 0 Å². The molecule has 0 unspecified atom stereocenters. The van der Waals surface area contributed by atoms with Gasteiger partial charge >= 0.3 is 0 Å². The van der Waals surface area contributed by atoms with Crippen molar-refractivity contribution in [1.29, 1.82) is 0 Å². The van der Waals surface area contributed by atoms with Crippen molar-refractivity contribution in [3.8, 4) is 55.6 Å². The van der Waals surface area contributed by atoms with Gasteiger partial charge in [-0.25, -0.2) is 0 Å². The van der Waals surface area contributed by atoms with Crippen LogP contribution in [0.15, 0.2) is 133 Å². The zero-order valence-electron chi connectivity index (χ0n) is 33.2. The molecule has 55 heavy (non-hydrogen) atoms. The largest absolute Gasteiger partial charge is 0.0620 e. The van der Waals surface area contributed by atoms with Crippen molar-refractivity contribution in [2.24, 2.45) is 0 Å². The van der Waals surface area contributed by atoms with Crippen LogP contribution in [0.2, 0.25) is 0 Å². The first-order valence-corrected chi connectivity index (χ1v) is 20.0. The molecule has 0 bridgehead atoms. The van der Waals surface area contributed by atoms with Gasteiger partial charge in [0.1, 0.15) is 0 Å². The SMILES string of the molecule is Cc1ccccc1-c1c2ccccc2c(-c2ccccc2C)c2cc3c(cc12)-c1c2c(c4c(c1C3(C)C)-c1ccccc1C4(C)C)-c1ccccc1C2(C)C. The lowest BCUT2D eigenvalue weighted by Crippen LogP contribution is -2.22. The van der Waals surface area contributed by atoms with E-state index in [-0.39, 0.29) is 16.2 Å². The van der Waals surface area contributed by atoms with Gasteiger partial charge in [0.2, 0.25) is 0 Å². The first kappa shape index (κ1) is 32.7. The Kier molecular flexibility index (Phi) is 6.38. The highest BCUT2D eigenvalue weighted by atomic mass is 14.5. The zero-order chi connectivity index (χ0) is 37.8. The van der Waals surface area contributed by atoms with Gasteiger partial charge in [-0.2, -0.15) is 0 Å². The Hall–Kier alpha value is -5.72. The molecule has 0 radical (unpaired) electrons. The Balaban J connectivity index is 1.38. The first-order chi connectivity index (χ1) is 26.4. The minimum Gasteiger partial charge on any atom is -0.0620 e. The van der Waals surface area contributed by atoms with Crippen LogP contribution in [0.25, 0.3) is 77.2 Å². The smallest absolute Gasteiger partial charge is 0.0165 e. The fourth-order valence-electron chi connectivity index (χ4n) is 11.6. The normalized spacial score (nSPS) is 16.1. The number of aryl methyl sites for hydroxylation is 2. The van der Waals surface area contributed by atoms with E-state index in [1.165, 1.54) is 122 Å². The topological polar surface area (TPSA) is 0 Å². The van der Waals surface area contributed by atoms with E-state index >= 15 is 0 Å². The lowest BCUT2D eigenvalue weighted by molar-refractivity contribution is 0.636. The minimum absolute atomic E-state index is 0.137. The summed E-state index contributed by atoms with van der Waals surface area (Å²) in [6.07, 6.45) is 0. The van der Waals surface area contributed by atoms with E-state index in [0.717, 1.165) is 0 Å². The van der Waals surface area contributed by atoms with E-state index in [2.05, 4.69) is 189 Å². The molecule has 11 rings (SSSR count). The lowest BCUT2D eigenvalue weighted by atomic mass is 9.71. The van der Waals surface area contributed by atoms with Gasteiger partial charge in [-0.1, -0.05) is 163 Å². The molecule has 0 fully saturated rings. The van der Waals surface area contributed by atoms with Crippen LogP contribution in [0.4, 0.5) is 0 Å². The fraction of sp³-hybridized carbons (Fsp3) is 0.200. The van der Waals surface area contributed by atoms with Crippen LogP contribution < -0.4 is 0 Å². The average molecular weight is 707 g/mol. The molecule has 0 spiro atoms. The van der Waals surface area contributed by atoms with Crippen molar-refractivity contribution in [2.75, 3.05) is 0 Å². The van der Waals surface area contributed by atoms with Crippen LogP contribution in [0, 0.1) is 13.8 Å². The van der Waals surface area contributed by atoms with E-state index in [1.54, 1.807) is 0 Å². The Morgan fingerprint density at radius 3 is 1.09 bits per heavy atom. The third-order valence-electron chi connectivity index (χ3n) is 14.0. The fourth-order valence-corrected chi connectivity index (χ4v) is 11.6. The summed E-state index contributed by atoms with van der Waals surface area (Å²) in [6.45, 7) is 19.5. The molecule has 0 heterocycles. The van der Waals surface area contributed by atoms with Gasteiger partial charge in [-0.15, -0.1) is 0 Å². The van der Waals surface area contributed by atoms with Crippen molar-refractivity contribution in [3.05, 3.63) is 178 Å². The van der Waals surface area contributed by atoms with E-state index in [9.17, 15) is 0 Å². The van der Waals surface area contributed by atoms with Gasteiger partial charge in [-0.3, -0.25) is 0 Å². The standard InChI is InChI=1S/C55H46/c1-31-19-9-11-21-33(31)45-35-23-13-14-24-36(35)46(34-22-12-10-20-32(34)2)40-30-44-41(29-39(40)45)49-51-47(37-25-15-18-28-43(37)54(51,5)6)50-48(52(49)55(44,7)8)38-26-16-17-27-42(38)53(50,3)4/h9-30H,1-8H3. The molecule has 0 aromatic heterocycles.